The number of β-lactam (4-membered cyclic amide) rings is 3. The molecule has 2 fully saturated rings. The number of aliphatic carboxylic acids is 2. The number of hydrogen-bond donors (Lipinski definition) is 2. The van der Waals surface area contributed by atoms with Crippen LogP contribution in [0.4, 0.5) is 0 Å². The van der Waals surface area contributed by atoms with E-state index in [-0.39, 0.29) is 78.5 Å². The summed E-state index contributed by atoms with van der Waals surface area (Å²) in [7, 11) is 2.72. The minimum Gasteiger partial charge on any atom is -0.680 e. The molecule has 1 spiro atoms. The first-order chi connectivity index (χ1) is 12.3. The predicted molar refractivity (Wildman–Crippen MR) is 92.1 cm³/mol. The number of carbonyl (C=O) groups excluding carboxylic acids is 5. The molecule has 15 heteroatoms. The van der Waals surface area contributed by atoms with E-state index >= 15 is 0 Å². The van der Waals surface area contributed by atoms with Gasteiger partial charge in [-0.3, -0.25) is 19.2 Å². The number of imide groups is 1. The van der Waals surface area contributed by atoms with E-state index in [1.54, 1.807) is 0 Å². The number of nitrogens with zero attached hydrogens (tertiary/aromatic N) is 2. The molecule has 2 radical (unpaired) electrons. The third kappa shape index (κ3) is 5.08. The molecular weight excluding hydrogens is 558 g/mol. The zero-order chi connectivity index (χ0) is 21.9. The number of amides is 4. The van der Waals surface area contributed by atoms with Crippen LogP contribution in [0.3, 0.4) is 0 Å². The van der Waals surface area contributed by atoms with Crippen LogP contribution in [0.15, 0.2) is 12.3 Å². The van der Waals surface area contributed by atoms with Gasteiger partial charge in [0.1, 0.15) is 0 Å². The fraction of sp³-hybridized carbons (Fsp3) is 0.333. The number of Topliss-reactive ketones (excluding diaryl/α,β-unsaturated/α-hetero) is 1. The summed E-state index contributed by atoms with van der Waals surface area (Å²) >= 11 is 0. The monoisotopic (exact) mass is 576 g/mol. The number of nitrogens with one attached hydrogen (secondary N) is 2. The molecule has 2 aliphatic rings. The van der Waals surface area contributed by atoms with Crippen LogP contribution in [0.5, 0.6) is 0 Å². The van der Waals surface area contributed by atoms with Crippen LogP contribution in [0.25, 0.3) is 16.8 Å². The van der Waals surface area contributed by atoms with E-state index in [4.69, 9.17) is 21.7 Å². The second-order valence-electron chi connectivity index (χ2n) is 5.03. The van der Waals surface area contributed by atoms with E-state index in [0.717, 1.165) is 0 Å². The SMILES string of the molecule is C=C1N(C)C(=O)C12C(=O)[N-]C2=O.CC(=O)C(C([NH-])=O)(C(=O)O)C(=O)O.C[NH-].[CH3-].[Y].[Y]. The van der Waals surface area contributed by atoms with Gasteiger partial charge in [0.05, 0.1) is 17.7 Å². The first kappa shape index (κ1) is 36.0. The van der Waals surface area contributed by atoms with Crippen molar-refractivity contribution in [3.8, 4) is 0 Å². The molecule has 4 amide bonds. The number of ketones is 1. The van der Waals surface area contributed by atoms with Crippen molar-refractivity contribution < 1.29 is 109 Å². The smallest absolute Gasteiger partial charge is 0.334 e. The Morgan fingerprint density at radius 2 is 1.37 bits per heavy atom. The molecule has 162 valence electrons. The molecule has 30 heavy (non-hydrogen) atoms. The molecule has 2 heterocycles. The maximum Gasteiger partial charge on any atom is 0.334 e. The first-order valence-corrected chi connectivity index (χ1v) is 6.82. The molecule has 0 saturated carbocycles. The zero-order valence-corrected chi connectivity index (χ0v) is 22.2. The molecule has 0 aromatic heterocycles. The van der Waals surface area contributed by atoms with Gasteiger partial charge in [-0.1, -0.05) is 6.58 Å². The second-order valence-corrected chi connectivity index (χ2v) is 5.03. The summed E-state index contributed by atoms with van der Waals surface area (Å²) < 4.78 is 0. The van der Waals surface area contributed by atoms with E-state index in [1.807, 2.05) is 0 Å². The Labute approximate surface area is 222 Å². The quantitative estimate of drug-likeness (QED) is 0.257. The topological polar surface area (TPSA) is 225 Å². The average Bonchev–Trinajstić information content (AvgIpc) is 2.56. The Morgan fingerprint density at radius 3 is 1.47 bits per heavy atom. The summed E-state index contributed by atoms with van der Waals surface area (Å²) in [6.45, 7) is 4.11. The van der Waals surface area contributed by atoms with Gasteiger partial charge >= 0.3 is 11.9 Å². The van der Waals surface area contributed by atoms with Crippen LogP contribution in [0.1, 0.15) is 6.92 Å². The largest absolute Gasteiger partial charge is 0.680 e. The number of carbonyl (C=O) groups is 7. The summed E-state index contributed by atoms with van der Waals surface area (Å²) in [5.74, 6) is -9.52. The van der Waals surface area contributed by atoms with Crippen molar-refractivity contribution in [3.05, 3.63) is 36.5 Å². The van der Waals surface area contributed by atoms with Crippen LogP contribution in [-0.4, -0.2) is 70.6 Å². The standard InChI is InChI=1S/C7H6N2O3.C6H7NO6.CH4N.CH3.2Y/c1-3-7(6(12)9(3)2)4(10)8-5(7)11;1-2(8)6(3(7)9,4(10)11)5(12)13;1-2;;;/h1H2,2H3,(H,8,10,11);1H3,(H4,7,9,10,11,12,13);2H,1H3;1H3;;/q;;2*-1;;/p-2. The van der Waals surface area contributed by atoms with Crippen LogP contribution < -0.4 is 0 Å². The van der Waals surface area contributed by atoms with Crippen LogP contribution in [0.2, 0.25) is 0 Å². The molecule has 4 N–H and O–H groups in total. The second kappa shape index (κ2) is 13.1. The van der Waals surface area contributed by atoms with Gasteiger partial charge in [0.25, 0.3) is 11.3 Å². The number of rotatable bonds is 4. The van der Waals surface area contributed by atoms with Gasteiger partial charge < -0.3 is 53.7 Å². The third-order valence-electron chi connectivity index (χ3n) is 3.82. The van der Waals surface area contributed by atoms with E-state index in [1.165, 1.54) is 19.0 Å². The van der Waals surface area contributed by atoms with Crippen LogP contribution in [0, 0.1) is 18.3 Å². The summed E-state index contributed by atoms with van der Waals surface area (Å²) in [5, 5.41) is 19.8. The van der Waals surface area contributed by atoms with Crippen molar-refractivity contribution in [1.29, 1.82) is 0 Å². The number of hydrogen-bond acceptors (Lipinski definition) is 7. The molecule has 0 bridgehead atoms. The fourth-order valence-electron chi connectivity index (χ4n) is 2.17. The Balaban J connectivity index is -0.000000190. The van der Waals surface area contributed by atoms with Gasteiger partial charge in [0.2, 0.25) is 0 Å². The molecule has 2 aliphatic heterocycles. The van der Waals surface area contributed by atoms with Crippen molar-refractivity contribution in [2.24, 2.45) is 10.8 Å². The molecule has 0 atom stereocenters. The molecule has 0 aromatic carbocycles. The van der Waals surface area contributed by atoms with Gasteiger partial charge in [-0.2, -0.15) is 7.05 Å². The van der Waals surface area contributed by atoms with Crippen LogP contribution in [-0.2, 0) is 99.0 Å². The van der Waals surface area contributed by atoms with Crippen molar-refractivity contribution in [3.63, 3.8) is 0 Å². The molecular formula is C15H18N4O9Y2-4. The van der Waals surface area contributed by atoms with E-state index in [0.29, 0.717) is 6.92 Å². The minimum absolute atomic E-state index is 0. The van der Waals surface area contributed by atoms with Crippen molar-refractivity contribution in [2.45, 2.75) is 6.92 Å². The number of carboxylic acids is 2. The fourth-order valence-corrected chi connectivity index (χ4v) is 2.17. The third-order valence-corrected chi connectivity index (χ3v) is 3.82. The van der Waals surface area contributed by atoms with Crippen molar-refractivity contribution in [2.75, 3.05) is 14.1 Å². The Kier molecular flexibility index (Phi) is 15.7. The van der Waals surface area contributed by atoms with E-state index in [2.05, 4.69) is 11.9 Å². The van der Waals surface area contributed by atoms with Gasteiger partial charge in [-0.25, -0.2) is 0 Å². The van der Waals surface area contributed by atoms with Gasteiger partial charge in [-0.05, 0) is 6.92 Å². The first-order valence-electron chi connectivity index (χ1n) is 6.82. The minimum atomic E-state index is -3.28. The number of likely N-dealkylation sites (tertiary alicyclic amines) is 1. The molecule has 0 aliphatic carbocycles. The van der Waals surface area contributed by atoms with Gasteiger partial charge in [0.15, 0.2) is 11.2 Å². The van der Waals surface area contributed by atoms with Gasteiger partial charge in [-0.15, -0.1) is 0 Å². The van der Waals surface area contributed by atoms with Crippen molar-refractivity contribution in [1.82, 2.24) is 4.90 Å². The Bertz CT molecular complexity index is 689. The summed E-state index contributed by atoms with van der Waals surface area (Å²) in [6.07, 6.45) is 0. The average molecular weight is 576 g/mol. The summed E-state index contributed by atoms with van der Waals surface area (Å²) in [5.41, 5.74) is 7.56. The maximum absolute atomic E-state index is 11.2. The molecule has 2 rings (SSSR count). The van der Waals surface area contributed by atoms with Gasteiger partial charge in [0, 0.05) is 78.2 Å². The molecule has 2 saturated heterocycles. The van der Waals surface area contributed by atoms with Crippen LogP contribution >= 0.6 is 0 Å². The Hall–Kier alpha value is -1.40. The normalized spacial score (nSPS) is 14.9. The predicted octanol–water partition coefficient (Wildman–Crippen LogP) is -0.178. The van der Waals surface area contributed by atoms with Crippen molar-refractivity contribution >= 4 is 41.4 Å². The van der Waals surface area contributed by atoms with E-state index in [9.17, 15) is 33.6 Å². The molecule has 0 aromatic rings. The summed E-state index contributed by atoms with van der Waals surface area (Å²) in [4.78, 5) is 76.1. The molecule has 13 nitrogen and oxygen atoms in total. The van der Waals surface area contributed by atoms with E-state index < -0.39 is 52.2 Å². The Morgan fingerprint density at radius 1 is 1.03 bits per heavy atom. The summed E-state index contributed by atoms with van der Waals surface area (Å²) in [6, 6.07) is 0. The zero-order valence-electron chi connectivity index (χ0n) is 16.5. The molecule has 0 unspecified atom stereocenters. The maximum atomic E-state index is 11.2. The number of carboxylic acid groups (broad SMARTS) is 2.